The Hall–Kier alpha value is -3.21. The molecule has 1 aliphatic rings. The van der Waals surface area contributed by atoms with Gasteiger partial charge in [-0.2, -0.15) is 13.2 Å². The highest BCUT2D eigenvalue weighted by atomic mass is 19.4. The SMILES string of the molecule is COc1c([C@@H]2[C@@H](C(=O)Nc3ccnc(C(N)=O)c3)O[C@](C)(C(F)(F)F)[C@@H]2C)ccnc1C. The molecule has 1 fully saturated rings. The summed E-state index contributed by atoms with van der Waals surface area (Å²) in [6, 6.07) is 4.14. The number of nitrogens with two attached hydrogens (primary N) is 1. The van der Waals surface area contributed by atoms with E-state index >= 15 is 0 Å². The number of carbonyl (C=O) groups excluding carboxylic acids is 2. The van der Waals surface area contributed by atoms with E-state index in [9.17, 15) is 22.8 Å². The van der Waals surface area contributed by atoms with Crippen molar-refractivity contribution in [1.82, 2.24) is 9.97 Å². The third-order valence-corrected chi connectivity index (χ3v) is 5.88. The van der Waals surface area contributed by atoms with Gasteiger partial charge in [0.1, 0.15) is 17.5 Å². The first kappa shape index (κ1) is 23.5. The molecule has 8 nitrogen and oxygen atoms in total. The number of halogens is 3. The minimum Gasteiger partial charge on any atom is -0.495 e. The number of rotatable bonds is 5. The maximum atomic E-state index is 14.0. The number of carbonyl (C=O) groups is 2. The second-order valence-electron chi connectivity index (χ2n) is 7.76. The summed E-state index contributed by atoms with van der Waals surface area (Å²) in [5, 5.41) is 2.51. The van der Waals surface area contributed by atoms with Gasteiger partial charge < -0.3 is 20.5 Å². The highest BCUT2D eigenvalue weighted by molar-refractivity contribution is 5.97. The fourth-order valence-corrected chi connectivity index (χ4v) is 3.98. The number of anilines is 1. The van der Waals surface area contributed by atoms with Crippen LogP contribution in [0.2, 0.25) is 0 Å². The third-order valence-electron chi connectivity index (χ3n) is 5.88. The van der Waals surface area contributed by atoms with Crippen LogP contribution in [0.5, 0.6) is 5.75 Å². The fraction of sp³-hybridized carbons (Fsp3) is 0.429. The molecule has 4 atom stereocenters. The van der Waals surface area contributed by atoms with Crippen LogP contribution in [-0.2, 0) is 9.53 Å². The normalized spacial score (nSPS) is 25.4. The number of pyridine rings is 2. The molecule has 2 amide bonds. The number of primary amides is 1. The number of alkyl halides is 3. The lowest BCUT2D eigenvalue weighted by Gasteiger charge is -2.32. The summed E-state index contributed by atoms with van der Waals surface area (Å²) in [5.74, 6) is -3.46. The molecule has 0 radical (unpaired) electrons. The Morgan fingerprint density at radius 1 is 1.25 bits per heavy atom. The van der Waals surface area contributed by atoms with Gasteiger partial charge in [0.2, 0.25) is 0 Å². The molecule has 32 heavy (non-hydrogen) atoms. The number of nitrogens with zero attached hydrogens (tertiary/aromatic N) is 2. The average Bonchev–Trinajstić information content (AvgIpc) is 3.00. The third kappa shape index (κ3) is 3.99. The summed E-state index contributed by atoms with van der Waals surface area (Å²) in [4.78, 5) is 32.4. The Balaban J connectivity index is 2.05. The molecule has 0 aliphatic carbocycles. The van der Waals surface area contributed by atoms with E-state index in [0.717, 1.165) is 6.92 Å². The number of ether oxygens (including phenoxy) is 2. The van der Waals surface area contributed by atoms with Crippen molar-refractivity contribution in [1.29, 1.82) is 0 Å². The van der Waals surface area contributed by atoms with Crippen molar-refractivity contribution in [2.45, 2.75) is 44.6 Å². The van der Waals surface area contributed by atoms with Gasteiger partial charge in [-0.1, -0.05) is 6.92 Å². The zero-order chi connectivity index (χ0) is 23.8. The Morgan fingerprint density at radius 2 is 1.91 bits per heavy atom. The summed E-state index contributed by atoms with van der Waals surface area (Å²) in [7, 11) is 1.38. The number of aryl methyl sites for hydroxylation is 1. The molecule has 0 aromatic carbocycles. The predicted molar refractivity (Wildman–Crippen MR) is 108 cm³/mol. The Morgan fingerprint density at radius 3 is 2.50 bits per heavy atom. The molecule has 3 heterocycles. The van der Waals surface area contributed by atoms with Gasteiger partial charge in [0.15, 0.2) is 5.60 Å². The van der Waals surface area contributed by atoms with Crippen LogP contribution in [0.1, 0.15) is 41.5 Å². The van der Waals surface area contributed by atoms with Gasteiger partial charge >= 0.3 is 6.18 Å². The second kappa shape index (κ2) is 8.38. The van der Waals surface area contributed by atoms with Crippen LogP contribution in [0.4, 0.5) is 18.9 Å². The zero-order valence-electron chi connectivity index (χ0n) is 17.9. The fourth-order valence-electron chi connectivity index (χ4n) is 3.98. The maximum absolute atomic E-state index is 14.0. The zero-order valence-corrected chi connectivity index (χ0v) is 17.9. The number of hydrogen-bond acceptors (Lipinski definition) is 6. The van der Waals surface area contributed by atoms with Crippen molar-refractivity contribution < 1.29 is 32.2 Å². The lowest BCUT2D eigenvalue weighted by molar-refractivity contribution is -0.272. The van der Waals surface area contributed by atoms with Gasteiger partial charge in [0.25, 0.3) is 11.8 Å². The van der Waals surface area contributed by atoms with E-state index in [1.165, 1.54) is 44.6 Å². The summed E-state index contributed by atoms with van der Waals surface area (Å²) in [5.41, 5.74) is 3.51. The minimum absolute atomic E-state index is 0.105. The first-order chi connectivity index (χ1) is 14.9. The topological polar surface area (TPSA) is 116 Å². The molecule has 3 N–H and O–H groups in total. The van der Waals surface area contributed by atoms with Gasteiger partial charge in [-0.15, -0.1) is 0 Å². The molecular formula is C21H23F3N4O4. The first-order valence-electron chi connectivity index (χ1n) is 9.71. The number of methoxy groups -OCH3 is 1. The molecule has 2 aromatic rings. The molecule has 3 rings (SSSR count). The van der Waals surface area contributed by atoms with Crippen LogP contribution in [0, 0.1) is 12.8 Å². The van der Waals surface area contributed by atoms with Gasteiger partial charge in [-0.25, -0.2) is 0 Å². The summed E-state index contributed by atoms with van der Waals surface area (Å²) in [6.45, 7) is 3.97. The molecule has 0 spiro atoms. The number of hydrogen-bond donors (Lipinski definition) is 2. The van der Waals surface area contributed by atoms with Crippen molar-refractivity contribution in [2.24, 2.45) is 11.7 Å². The van der Waals surface area contributed by atoms with Crippen LogP contribution >= 0.6 is 0 Å². The standard InChI is InChI=1S/C21H23F3N4O4/c1-10-15(13-6-8-26-11(2)16(13)31-4)17(32-20(10,3)21(22,23)24)19(30)28-12-5-7-27-14(9-12)18(25)29/h5-10,15,17H,1-4H3,(H2,25,29)(H,27,28,30)/t10-,15-,17+,20+/m1/s1. The van der Waals surface area contributed by atoms with E-state index in [1.807, 2.05) is 0 Å². The second-order valence-corrected chi connectivity index (χ2v) is 7.76. The van der Waals surface area contributed by atoms with E-state index in [0.29, 0.717) is 11.3 Å². The number of amides is 2. The number of aromatic nitrogens is 2. The molecule has 0 unspecified atom stereocenters. The van der Waals surface area contributed by atoms with Crippen LogP contribution in [0.3, 0.4) is 0 Å². The Bertz CT molecular complexity index is 1050. The van der Waals surface area contributed by atoms with Crippen LogP contribution in [0.25, 0.3) is 0 Å². The lowest BCUT2D eigenvalue weighted by atomic mass is 9.77. The van der Waals surface area contributed by atoms with Crippen molar-refractivity contribution in [3.63, 3.8) is 0 Å². The first-order valence-corrected chi connectivity index (χ1v) is 9.71. The Kier molecular flexibility index (Phi) is 6.14. The van der Waals surface area contributed by atoms with Gasteiger partial charge in [0.05, 0.1) is 12.8 Å². The van der Waals surface area contributed by atoms with Crippen molar-refractivity contribution >= 4 is 17.5 Å². The molecule has 1 saturated heterocycles. The molecule has 11 heteroatoms. The molecule has 0 bridgehead atoms. The smallest absolute Gasteiger partial charge is 0.417 e. The van der Waals surface area contributed by atoms with Crippen molar-refractivity contribution in [2.75, 3.05) is 12.4 Å². The van der Waals surface area contributed by atoms with Crippen molar-refractivity contribution in [3.8, 4) is 5.75 Å². The lowest BCUT2D eigenvalue weighted by Crippen LogP contribution is -2.47. The molecular weight excluding hydrogens is 429 g/mol. The minimum atomic E-state index is -4.73. The van der Waals surface area contributed by atoms with E-state index in [4.69, 9.17) is 15.2 Å². The monoisotopic (exact) mass is 452 g/mol. The van der Waals surface area contributed by atoms with Gasteiger partial charge in [-0.3, -0.25) is 19.6 Å². The largest absolute Gasteiger partial charge is 0.495 e. The van der Waals surface area contributed by atoms with Crippen LogP contribution in [0.15, 0.2) is 30.6 Å². The van der Waals surface area contributed by atoms with Crippen LogP contribution < -0.4 is 15.8 Å². The van der Waals surface area contributed by atoms with E-state index in [-0.39, 0.29) is 17.1 Å². The highest BCUT2D eigenvalue weighted by Gasteiger charge is 2.65. The Labute approximate surface area is 182 Å². The molecule has 1 aliphatic heterocycles. The van der Waals surface area contributed by atoms with Gasteiger partial charge in [0, 0.05) is 35.5 Å². The van der Waals surface area contributed by atoms with E-state index in [2.05, 4.69) is 15.3 Å². The van der Waals surface area contributed by atoms with Crippen molar-refractivity contribution in [3.05, 3.63) is 47.5 Å². The molecule has 2 aromatic heterocycles. The molecule has 0 saturated carbocycles. The molecule has 172 valence electrons. The van der Waals surface area contributed by atoms with E-state index in [1.54, 1.807) is 6.92 Å². The average molecular weight is 452 g/mol. The summed E-state index contributed by atoms with van der Waals surface area (Å²) >= 11 is 0. The summed E-state index contributed by atoms with van der Waals surface area (Å²) < 4.78 is 52.8. The predicted octanol–water partition coefficient (Wildman–Crippen LogP) is 2.97. The quantitative estimate of drug-likeness (QED) is 0.721. The van der Waals surface area contributed by atoms with Crippen LogP contribution in [-0.4, -0.2) is 46.8 Å². The summed E-state index contributed by atoms with van der Waals surface area (Å²) in [6.07, 6.45) is -3.54. The van der Waals surface area contributed by atoms with E-state index < -0.39 is 41.5 Å². The van der Waals surface area contributed by atoms with Gasteiger partial charge in [-0.05, 0) is 32.0 Å². The number of nitrogens with one attached hydrogen (secondary N) is 1. The highest BCUT2D eigenvalue weighted by Crippen LogP contribution is 2.54. The maximum Gasteiger partial charge on any atom is 0.417 e.